The fraction of sp³-hybridized carbons (Fsp3) is 0.333. The number of carbonyl (C=O) groups excluding carboxylic acids is 1. The van der Waals surface area contributed by atoms with Gasteiger partial charge in [-0.15, -0.1) is 0 Å². The summed E-state index contributed by atoms with van der Waals surface area (Å²) in [7, 11) is 0. The number of hydrogen-bond donors (Lipinski definition) is 1. The molecular formula is C15H14N2O3. The Morgan fingerprint density at radius 1 is 1.45 bits per heavy atom. The summed E-state index contributed by atoms with van der Waals surface area (Å²) in [6.07, 6.45) is 4.19. The molecule has 1 aliphatic carbocycles. The molecular weight excluding hydrogens is 256 g/mol. The van der Waals surface area contributed by atoms with E-state index in [1.807, 2.05) is 6.92 Å². The van der Waals surface area contributed by atoms with Crippen molar-refractivity contribution in [2.75, 3.05) is 0 Å². The minimum atomic E-state index is -0.470. The third-order valence-corrected chi connectivity index (χ3v) is 3.74. The average molecular weight is 270 g/mol. The third kappa shape index (κ3) is 1.81. The molecule has 2 aliphatic rings. The first-order valence-electron chi connectivity index (χ1n) is 6.47. The number of ether oxygens (including phenoxy) is 1. The number of nitriles is 1. The van der Waals surface area contributed by atoms with Crippen molar-refractivity contribution >= 4 is 5.78 Å². The molecule has 0 saturated carbocycles. The minimum absolute atomic E-state index is 0.0187. The molecule has 2 atom stereocenters. The highest BCUT2D eigenvalue weighted by Gasteiger charge is 2.39. The van der Waals surface area contributed by atoms with Gasteiger partial charge in [-0.3, -0.25) is 4.79 Å². The van der Waals surface area contributed by atoms with E-state index in [4.69, 9.17) is 14.9 Å². The van der Waals surface area contributed by atoms with Crippen LogP contribution in [0.5, 0.6) is 0 Å². The number of ketones is 1. The second kappa shape index (κ2) is 4.57. The normalized spacial score (nSPS) is 26.1. The van der Waals surface area contributed by atoms with E-state index in [-0.39, 0.29) is 23.2 Å². The number of rotatable bonds is 1. The van der Waals surface area contributed by atoms with Crippen molar-refractivity contribution < 1.29 is 13.9 Å². The van der Waals surface area contributed by atoms with Gasteiger partial charge in [0.1, 0.15) is 17.4 Å². The Hall–Kier alpha value is -2.48. The second-order valence-electron chi connectivity index (χ2n) is 5.25. The van der Waals surface area contributed by atoms with E-state index in [2.05, 4.69) is 6.07 Å². The van der Waals surface area contributed by atoms with Crippen molar-refractivity contribution in [1.82, 2.24) is 0 Å². The maximum absolute atomic E-state index is 12.4. The minimum Gasteiger partial charge on any atom is -0.472 e. The number of furan rings is 1. The molecule has 0 fully saturated rings. The predicted molar refractivity (Wildman–Crippen MR) is 69.8 cm³/mol. The van der Waals surface area contributed by atoms with Gasteiger partial charge in [0.15, 0.2) is 5.78 Å². The van der Waals surface area contributed by atoms with Crippen LogP contribution >= 0.6 is 0 Å². The summed E-state index contributed by atoms with van der Waals surface area (Å²) in [5.74, 6) is 0.450. The highest BCUT2D eigenvalue weighted by Crippen LogP contribution is 2.44. The van der Waals surface area contributed by atoms with Crippen LogP contribution in [0.3, 0.4) is 0 Å². The van der Waals surface area contributed by atoms with E-state index in [9.17, 15) is 10.1 Å². The molecule has 1 aliphatic heterocycles. The van der Waals surface area contributed by atoms with Crippen molar-refractivity contribution in [2.24, 2.45) is 11.7 Å². The molecule has 0 radical (unpaired) electrons. The van der Waals surface area contributed by atoms with Crippen LogP contribution in [0.4, 0.5) is 0 Å². The Bertz CT molecular complexity index is 662. The molecule has 0 unspecified atom stereocenters. The van der Waals surface area contributed by atoms with Gasteiger partial charge in [0.2, 0.25) is 5.88 Å². The van der Waals surface area contributed by atoms with Gasteiger partial charge in [-0.1, -0.05) is 6.92 Å². The van der Waals surface area contributed by atoms with E-state index in [1.54, 1.807) is 6.07 Å². The summed E-state index contributed by atoms with van der Waals surface area (Å²) >= 11 is 0. The standard InChI is InChI=1S/C15H14N2O3/c1-8-4-11(18)14-12(5-8)20-15(17)10(6-16)13(14)9-2-3-19-7-9/h2-3,7-8,13H,4-5,17H2,1H3/t8-,13-/m0/s1. The first kappa shape index (κ1) is 12.5. The molecule has 0 bridgehead atoms. The van der Waals surface area contributed by atoms with Crippen LogP contribution in [0.1, 0.15) is 31.2 Å². The van der Waals surface area contributed by atoms with Gasteiger partial charge < -0.3 is 14.9 Å². The van der Waals surface area contributed by atoms with E-state index >= 15 is 0 Å². The van der Waals surface area contributed by atoms with Crippen molar-refractivity contribution in [1.29, 1.82) is 5.26 Å². The maximum atomic E-state index is 12.4. The van der Waals surface area contributed by atoms with Crippen LogP contribution in [0.15, 0.2) is 45.8 Å². The molecule has 1 aromatic rings. The van der Waals surface area contributed by atoms with Crippen LogP contribution in [-0.2, 0) is 9.53 Å². The molecule has 1 aromatic heterocycles. The first-order valence-corrected chi connectivity index (χ1v) is 6.47. The fourth-order valence-electron chi connectivity index (χ4n) is 2.87. The lowest BCUT2D eigenvalue weighted by Crippen LogP contribution is -2.29. The molecule has 3 rings (SSSR count). The lowest BCUT2D eigenvalue weighted by Gasteiger charge is -2.32. The topological polar surface area (TPSA) is 89.2 Å². The van der Waals surface area contributed by atoms with Crippen LogP contribution in [0, 0.1) is 17.2 Å². The van der Waals surface area contributed by atoms with Crippen LogP contribution in [0.2, 0.25) is 0 Å². The van der Waals surface area contributed by atoms with E-state index < -0.39 is 5.92 Å². The number of allylic oxidation sites excluding steroid dienone is 3. The zero-order chi connectivity index (χ0) is 14.3. The van der Waals surface area contributed by atoms with Crippen molar-refractivity contribution in [2.45, 2.75) is 25.7 Å². The van der Waals surface area contributed by atoms with Crippen molar-refractivity contribution in [3.05, 3.63) is 46.9 Å². The quantitative estimate of drug-likeness (QED) is 0.846. The Kier molecular flexibility index (Phi) is 2.87. The molecule has 2 N–H and O–H groups in total. The molecule has 0 amide bonds. The van der Waals surface area contributed by atoms with Gasteiger partial charge in [0, 0.05) is 24.0 Å². The Morgan fingerprint density at radius 2 is 2.25 bits per heavy atom. The van der Waals surface area contributed by atoms with Crippen LogP contribution < -0.4 is 5.73 Å². The first-order chi connectivity index (χ1) is 9.61. The Balaban J connectivity index is 2.16. The van der Waals surface area contributed by atoms with Gasteiger partial charge in [-0.25, -0.2) is 0 Å². The van der Waals surface area contributed by atoms with E-state index in [0.717, 1.165) is 5.56 Å². The Morgan fingerprint density at radius 3 is 2.90 bits per heavy atom. The molecule has 5 nitrogen and oxygen atoms in total. The highest BCUT2D eigenvalue weighted by molar-refractivity contribution is 5.99. The lowest BCUT2D eigenvalue weighted by atomic mass is 9.76. The summed E-state index contributed by atoms with van der Waals surface area (Å²) < 4.78 is 10.6. The molecule has 5 heteroatoms. The predicted octanol–water partition coefficient (Wildman–Crippen LogP) is 2.34. The number of hydrogen-bond acceptors (Lipinski definition) is 5. The van der Waals surface area contributed by atoms with Gasteiger partial charge in [-0.05, 0) is 12.0 Å². The molecule has 102 valence electrons. The zero-order valence-electron chi connectivity index (χ0n) is 11.1. The molecule has 20 heavy (non-hydrogen) atoms. The molecule has 0 spiro atoms. The highest BCUT2D eigenvalue weighted by atomic mass is 16.5. The summed E-state index contributed by atoms with van der Waals surface area (Å²) in [4.78, 5) is 12.4. The summed E-state index contributed by atoms with van der Waals surface area (Å²) in [6, 6.07) is 3.80. The fourth-order valence-corrected chi connectivity index (χ4v) is 2.87. The Labute approximate surface area is 116 Å². The number of Topliss-reactive ketones (excluding diaryl/α,β-unsaturated/α-hetero) is 1. The summed E-state index contributed by atoms with van der Waals surface area (Å²) in [6.45, 7) is 2.00. The zero-order valence-corrected chi connectivity index (χ0v) is 11.1. The summed E-state index contributed by atoms with van der Waals surface area (Å²) in [5.41, 5.74) is 7.42. The number of nitrogens with two attached hydrogens (primary N) is 1. The third-order valence-electron chi connectivity index (χ3n) is 3.74. The van der Waals surface area contributed by atoms with Crippen molar-refractivity contribution in [3.8, 4) is 6.07 Å². The summed E-state index contributed by atoms with van der Waals surface area (Å²) in [5, 5.41) is 9.33. The molecule has 0 saturated heterocycles. The van der Waals surface area contributed by atoms with Crippen molar-refractivity contribution in [3.63, 3.8) is 0 Å². The largest absolute Gasteiger partial charge is 0.472 e. The smallest absolute Gasteiger partial charge is 0.205 e. The van der Waals surface area contributed by atoms with Gasteiger partial charge in [-0.2, -0.15) is 5.26 Å². The number of nitrogens with zero attached hydrogens (tertiary/aromatic N) is 1. The van der Waals surface area contributed by atoms with E-state index in [0.29, 0.717) is 24.2 Å². The monoisotopic (exact) mass is 270 g/mol. The number of carbonyl (C=O) groups is 1. The van der Waals surface area contributed by atoms with Gasteiger partial charge in [0.05, 0.1) is 18.4 Å². The maximum Gasteiger partial charge on any atom is 0.205 e. The molecule has 2 heterocycles. The molecule has 0 aromatic carbocycles. The second-order valence-corrected chi connectivity index (χ2v) is 5.25. The van der Waals surface area contributed by atoms with E-state index in [1.165, 1.54) is 12.5 Å². The van der Waals surface area contributed by atoms with Gasteiger partial charge in [0.25, 0.3) is 0 Å². The SMILES string of the molecule is C[C@H]1CC(=O)C2=C(C1)OC(N)=C(C#N)[C@@H]2c1ccoc1. The van der Waals surface area contributed by atoms with Crippen LogP contribution in [-0.4, -0.2) is 5.78 Å². The lowest BCUT2D eigenvalue weighted by molar-refractivity contribution is -0.117. The van der Waals surface area contributed by atoms with Gasteiger partial charge >= 0.3 is 0 Å². The van der Waals surface area contributed by atoms with Crippen LogP contribution in [0.25, 0.3) is 0 Å². The average Bonchev–Trinajstić information content (AvgIpc) is 2.90.